The summed E-state index contributed by atoms with van der Waals surface area (Å²) in [5.74, 6) is -1.95. The Balaban J connectivity index is 2.81. The van der Waals surface area contributed by atoms with E-state index in [-0.39, 0.29) is 32.1 Å². The van der Waals surface area contributed by atoms with Gasteiger partial charge in [-0.3, -0.25) is 34.0 Å². The predicted octanol–water partition coefficient (Wildman–Crippen LogP) is -1.12. The molecule has 0 aromatic carbocycles. The van der Waals surface area contributed by atoms with Crippen LogP contribution < -0.4 is 5.32 Å². The molecular formula is C21H39N5O6. The second-order valence-electron chi connectivity index (χ2n) is 8.14. The van der Waals surface area contributed by atoms with Crippen LogP contribution in [0.15, 0.2) is 0 Å². The van der Waals surface area contributed by atoms with Crippen molar-refractivity contribution in [3.05, 3.63) is 0 Å². The minimum absolute atomic E-state index is 0.0625. The van der Waals surface area contributed by atoms with Gasteiger partial charge in [-0.15, -0.1) is 0 Å². The van der Waals surface area contributed by atoms with E-state index in [1.807, 2.05) is 9.80 Å². The molecule has 184 valence electrons. The maximum atomic E-state index is 12.4. The number of hydrogen-bond donors (Lipinski definition) is 3. The van der Waals surface area contributed by atoms with Gasteiger partial charge in [0.25, 0.3) is 0 Å². The SMILES string of the molecule is CCCCCNC(=O)CN1CCN(CC=O)CCN(CC(=O)O)CCN(CC(=O)O)CC1. The summed E-state index contributed by atoms with van der Waals surface area (Å²) in [6.07, 6.45) is 3.91. The average Bonchev–Trinajstić information content (AvgIpc) is 2.72. The highest BCUT2D eigenvalue weighted by Gasteiger charge is 2.20. The number of carboxylic acids is 2. The number of amides is 1. The van der Waals surface area contributed by atoms with Crippen molar-refractivity contribution in [2.75, 3.05) is 85.1 Å². The normalized spacial score (nSPS) is 18.4. The first-order valence-corrected chi connectivity index (χ1v) is 11.4. The molecule has 0 bridgehead atoms. The van der Waals surface area contributed by atoms with Gasteiger partial charge in [-0.2, -0.15) is 0 Å². The Labute approximate surface area is 190 Å². The first-order chi connectivity index (χ1) is 15.3. The van der Waals surface area contributed by atoms with Crippen molar-refractivity contribution in [2.24, 2.45) is 0 Å². The third-order valence-corrected chi connectivity index (χ3v) is 5.45. The molecule has 1 heterocycles. The van der Waals surface area contributed by atoms with Gasteiger partial charge < -0.3 is 20.3 Å². The molecule has 1 fully saturated rings. The summed E-state index contributed by atoms with van der Waals surface area (Å²) in [7, 11) is 0. The molecule has 11 nitrogen and oxygen atoms in total. The molecule has 0 aromatic heterocycles. The summed E-state index contributed by atoms with van der Waals surface area (Å²) in [5, 5.41) is 21.4. The van der Waals surface area contributed by atoms with Crippen LogP contribution in [0.3, 0.4) is 0 Å². The lowest BCUT2D eigenvalue weighted by molar-refractivity contribution is -0.140. The van der Waals surface area contributed by atoms with Gasteiger partial charge in [0.1, 0.15) is 6.29 Å². The molecular weight excluding hydrogens is 418 g/mol. The fraction of sp³-hybridized carbons (Fsp3) is 0.810. The second-order valence-corrected chi connectivity index (χ2v) is 8.14. The maximum absolute atomic E-state index is 12.4. The van der Waals surface area contributed by atoms with E-state index in [9.17, 15) is 29.4 Å². The molecule has 3 N–H and O–H groups in total. The number of rotatable bonds is 12. The lowest BCUT2D eigenvalue weighted by atomic mass is 10.2. The van der Waals surface area contributed by atoms with E-state index in [0.29, 0.717) is 58.9 Å². The molecule has 32 heavy (non-hydrogen) atoms. The molecule has 0 aliphatic carbocycles. The monoisotopic (exact) mass is 457 g/mol. The number of nitrogens with zero attached hydrogens (tertiary/aromatic N) is 4. The Bertz CT molecular complexity index is 591. The Kier molecular flexibility index (Phi) is 14.4. The first-order valence-electron chi connectivity index (χ1n) is 11.4. The number of carbonyl (C=O) groups excluding carboxylic acids is 2. The van der Waals surface area contributed by atoms with Gasteiger partial charge in [-0.25, -0.2) is 0 Å². The number of carbonyl (C=O) groups is 4. The van der Waals surface area contributed by atoms with Gasteiger partial charge in [0.15, 0.2) is 0 Å². The van der Waals surface area contributed by atoms with Gasteiger partial charge >= 0.3 is 11.9 Å². The van der Waals surface area contributed by atoms with Crippen LogP contribution in [0.1, 0.15) is 26.2 Å². The Hall–Kier alpha value is -2.08. The van der Waals surface area contributed by atoms with Gasteiger partial charge in [-0.05, 0) is 6.42 Å². The fourth-order valence-electron chi connectivity index (χ4n) is 3.59. The number of aldehydes is 1. The Morgan fingerprint density at radius 1 is 0.750 bits per heavy atom. The number of nitrogens with one attached hydrogen (secondary N) is 1. The number of aliphatic carboxylic acids is 2. The summed E-state index contributed by atoms with van der Waals surface area (Å²) in [6, 6.07) is 0. The molecule has 1 aliphatic rings. The van der Waals surface area contributed by atoms with Crippen molar-refractivity contribution in [2.45, 2.75) is 26.2 Å². The number of unbranched alkanes of at least 4 members (excludes halogenated alkanes) is 2. The molecule has 1 amide bonds. The molecule has 0 aromatic rings. The van der Waals surface area contributed by atoms with E-state index >= 15 is 0 Å². The Morgan fingerprint density at radius 3 is 1.59 bits per heavy atom. The van der Waals surface area contributed by atoms with Crippen molar-refractivity contribution >= 4 is 24.1 Å². The topological polar surface area (TPSA) is 134 Å². The average molecular weight is 458 g/mol. The number of carboxylic acid groups (broad SMARTS) is 2. The van der Waals surface area contributed by atoms with E-state index in [1.54, 1.807) is 9.80 Å². The molecule has 0 radical (unpaired) electrons. The van der Waals surface area contributed by atoms with E-state index in [4.69, 9.17) is 0 Å². The Morgan fingerprint density at radius 2 is 1.19 bits per heavy atom. The maximum Gasteiger partial charge on any atom is 0.317 e. The van der Waals surface area contributed by atoms with Gasteiger partial charge in [-0.1, -0.05) is 19.8 Å². The standard InChI is InChI=1S/C21H39N5O6/c1-2-3-4-5-22-19(28)16-24-8-6-23(14-15-27)7-9-25(17-20(29)30)12-13-26(11-10-24)18-21(31)32/h15H,2-14,16-18H2,1H3,(H,22,28)(H,29,30)(H,31,32). The minimum atomic E-state index is -0.945. The van der Waals surface area contributed by atoms with Crippen LogP contribution in [-0.4, -0.2) is 139 Å². The van der Waals surface area contributed by atoms with Gasteiger partial charge in [0.05, 0.1) is 26.2 Å². The van der Waals surface area contributed by atoms with Crippen LogP contribution in [0.4, 0.5) is 0 Å². The largest absolute Gasteiger partial charge is 0.480 e. The van der Waals surface area contributed by atoms with E-state index in [0.717, 1.165) is 25.5 Å². The molecule has 1 saturated heterocycles. The van der Waals surface area contributed by atoms with Crippen molar-refractivity contribution in [1.29, 1.82) is 0 Å². The van der Waals surface area contributed by atoms with Crippen molar-refractivity contribution < 1.29 is 29.4 Å². The van der Waals surface area contributed by atoms with E-state index in [1.165, 1.54) is 0 Å². The summed E-state index contributed by atoms with van der Waals surface area (Å²) >= 11 is 0. The number of hydrogen-bond acceptors (Lipinski definition) is 8. The quantitative estimate of drug-likeness (QED) is 0.244. The first kappa shape index (κ1) is 28.0. The molecule has 0 saturated carbocycles. The molecule has 0 atom stereocenters. The van der Waals surface area contributed by atoms with Gasteiger partial charge in [0.2, 0.25) is 5.91 Å². The highest BCUT2D eigenvalue weighted by molar-refractivity contribution is 5.78. The lowest BCUT2D eigenvalue weighted by Crippen LogP contribution is -2.49. The zero-order chi connectivity index (χ0) is 23.8. The molecule has 0 spiro atoms. The fourth-order valence-corrected chi connectivity index (χ4v) is 3.59. The zero-order valence-corrected chi connectivity index (χ0v) is 19.2. The van der Waals surface area contributed by atoms with Crippen LogP contribution in [0.5, 0.6) is 0 Å². The molecule has 0 unspecified atom stereocenters. The van der Waals surface area contributed by atoms with E-state index < -0.39 is 11.9 Å². The van der Waals surface area contributed by atoms with E-state index in [2.05, 4.69) is 12.2 Å². The van der Waals surface area contributed by atoms with Crippen molar-refractivity contribution in [3.8, 4) is 0 Å². The second kappa shape index (κ2) is 16.5. The van der Waals surface area contributed by atoms with Crippen LogP contribution in [0.2, 0.25) is 0 Å². The highest BCUT2D eigenvalue weighted by atomic mass is 16.4. The third-order valence-electron chi connectivity index (χ3n) is 5.45. The van der Waals surface area contributed by atoms with Crippen molar-refractivity contribution in [1.82, 2.24) is 24.9 Å². The summed E-state index contributed by atoms with van der Waals surface area (Å²) in [5.41, 5.74) is 0. The highest BCUT2D eigenvalue weighted by Crippen LogP contribution is 2.01. The van der Waals surface area contributed by atoms with Crippen LogP contribution in [0, 0.1) is 0 Å². The zero-order valence-electron chi connectivity index (χ0n) is 19.2. The van der Waals surface area contributed by atoms with Gasteiger partial charge in [0, 0.05) is 58.9 Å². The van der Waals surface area contributed by atoms with Crippen molar-refractivity contribution in [3.63, 3.8) is 0 Å². The van der Waals surface area contributed by atoms with Crippen LogP contribution in [-0.2, 0) is 19.2 Å². The minimum Gasteiger partial charge on any atom is -0.480 e. The third kappa shape index (κ3) is 13.4. The lowest BCUT2D eigenvalue weighted by Gasteiger charge is -2.32. The summed E-state index contributed by atoms with van der Waals surface area (Å²) < 4.78 is 0. The van der Waals surface area contributed by atoms with Crippen LogP contribution in [0.25, 0.3) is 0 Å². The summed E-state index contributed by atoms with van der Waals surface area (Å²) in [6.45, 7) is 6.77. The molecule has 1 aliphatic heterocycles. The predicted molar refractivity (Wildman–Crippen MR) is 120 cm³/mol. The smallest absolute Gasteiger partial charge is 0.317 e. The summed E-state index contributed by atoms with van der Waals surface area (Å²) in [4.78, 5) is 53.4. The molecule has 11 heteroatoms. The molecule has 1 rings (SSSR count). The van der Waals surface area contributed by atoms with Crippen LogP contribution >= 0.6 is 0 Å².